The third-order valence-corrected chi connectivity index (χ3v) is 1.23. The number of amides is 1. The van der Waals surface area contributed by atoms with Crippen molar-refractivity contribution in [1.82, 2.24) is 4.98 Å². The molecule has 0 aliphatic carbocycles. The van der Waals surface area contributed by atoms with E-state index in [-0.39, 0.29) is 0 Å². The van der Waals surface area contributed by atoms with E-state index in [0.717, 1.165) is 11.3 Å². The minimum atomic E-state index is -0.435. The van der Waals surface area contributed by atoms with Gasteiger partial charge in [-0.15, -0.1) is 0 Å². The predicted molar refractivity (Wildman–Crippen MR) is 41.6 cm³/mol. The molecule has 1 radical (unpaired) electrons. The lowest BCUT2D eigenvalue weighted by Crippen LogP contribution is -2.11. The average Bonchev–Trinajstić information content (AvgIpc) is 1.85. The Kier molecular flexibility index (Phi) is 2.21. The summed E-state index contributed by atoms with van der Waals surface area (Å²) in [4.78, 5) is 14.4. The van der Waals surface area contributed by atoms with Gasteiger partial charge in [0.05, 0.1) is 6.42 Å². The van der Waals surface area contributed by atoms with Crippen LogP contribution in [-0.2, 0) is 4.79 Å². The lowest BCUT2D eigenvalue weighted by Gasteiger charge is -1.96. The molecule has 0 saturated heterocycles. The zero-order valence-electron chi connectivity index (χ0n) is 6.24. The Bertz CT molecular complexity index is 271. The Morgan fingerprint density at radius 3 is 3.00 bits per heavy atom. The van der Waals surface area contributed by atoms with E-state index in [1.54, 1.807) is 18.3 Å². The fraction of sp³-hybridized carbons (Fsp3) is 0.125. The molecule has 1 heterocycles. The normalized spacial score (nSPS) is 9.55. The van der Waals surface area contributed by atoms with Gasteiger partial charge in [0, 0.05) is 11.9 Å². The van der Waals surface area contributed by atoms with Gasteiger partial charge in [0.25, 0.3) is 0 Å². The summed E-state index contributed by atoms with van der Waals surface area (Å²) in [6, 6.07) is 3.53. The molecule has 0 aromatic carbocycles. The minimum Gasteiger partial charge on any atom is -0.369 e. The van der Waals surface area contributed by atoms with Crippen LogP contribution in [0.25, 0.3) is 0 Å². The van der Waals surface area contributed by atoms with E-state index in [4.69, 9.17) is 5.73 Å². The van der Waals surface area contributed by atoms with Gasteiger partial charge < -0.3 is 5.73 Å². The minimum absolute atomic E-state index is 0.435. The SMILES string of the molecule is Cc1cc([CH]C(N)=O)ccn1. The Morgan fingerprint density at radius 2 is 2.45 bits per heavy atom. The van der Waals surface area contributed by atoms with Crippen LogP contribution in [0.1, 0.15) is 11.3 Å². The first-order chi connectivity index (χ1) is 5.18. The van der Waals surface area contributed by atoms with Gasteiger partial charge in [-0.25, -0.2) is 0 Å². The molecule has 3 heteroatoms. The molecule has 2 N–H and O–H groups in total. The number of carbonyl (C=O) groups is 1. The molecular formula is C8H9N2O. The number of hydrogen-bond acceptors (Lipinski definition) is 2. The maximum atomic E-state index is 10.4. The summed E-state index contributed by atoms with van der Waals surface area (Å²) < 4.78 is 0. The lowest BCUT2D eigenvalue weighted by atomic mass is 10.2. The van der Waals surface area contributed by atoms with Crippen LogP contribution in [0, 0.1) is 13.3 Å². The monoisotopic (exact) mass is 149 g/mol. The highest BCUT2D eigenvalue weighted by Crippen LogP contribution is 2.02. The zero-order chi connectivity index (χ0) is 8.27. The molecule has 0 saturated carbocycles. The van der Waals surface area contributed by atoms with Crippen LogP contribution in [0.2, 0.25) is 0 Å². The summed E-state index contributed by atoms with van der Waals surface area (Å²) in [5, 5.41) is 0. The second-order valence-electron chi connectivity index (χ2n) is 2.28. The van der Waals surface area contributed by atoms with Crippen molar-refractivity contribution in [1.29, 1.82) is 0 Å². The van der Waals surface area contributed by atoms with E-state index < -0.39 is 5.91 Å². The van der Waals surface area contributed by atoms with E-state index in [1.807, 2.05) is 6.92 Å². The van der Waals surface area contributed by atoms with Gasteiger partial charge in [-0.1, -0.05) is 0 Å². The second kappa shape index (κ2) is 3.14. The smallest absolute Gasteiger partial charge is 0.226 e. The predicted octanol–water partition coefficient (Wildman–Crippen LogP) is 0.428. The molecule has 0 atom stereocenters. The number of rotatable bonds is 2. The molecule has 11 heavy (non-hydrogen) atoms. The molecule has 1 aromatic heterocycles. The fourth-order valence-electron chi connectivity index (χ4n) is 0.822. The molecule has 1 aromatic rings. The molecule has 1 rings (SSSR count). The first kappa shape index (κ1) is 7.72. The number of aryl methyl sites for hydroxylation is 1. The molecule has 0 unspecified atom stereocenters. The molecule has 0 bridgehead atoms. The summed E-state index contributed by atoms with van der Waals surface area (Å²) in [7, 11) is 0. The number of carbonyl (C=O) groups excluding carboxylic acids is 1. The quantitative estimate of drug-likeness (QED) is 0.662. The van der Waals surface area contributed by atoms with Crippen molar-refractivity contribution in [3.05, 3.63) is 36.0 Å². The number of primary amides is 1. The summed E-state index contributed by atoms with van der Waals surface area (Å²) in [5.74, 6) is -0.435. The Labute approximate surface area is 65.2 Å². The van der Waals surface area contributed by atoms with Crippen molar-refractivity contribution < 1.29 is 4.79 Å². The highest BCUT2D eigenvalue weighted by molar-refractivity contribution is 5.86. The average molecular weight is 149 g/mol. The summed E-state index contributed by atoms with van der Waals surface area (Å²) in [5.41, 5.74) is 6.63. The molecule has 0 aliphatic heterocycles. The van der Waals surface area contributed by atoms with Gasteiger partial charge in [0.15, 0.2) is 0 Å². The van der Waals surface area contributed by atoms with E-state index in [2.05, 4.69) is 4.98 Å². The van der Waals surface area contributed by atoms with Crippen LogP contribution < -0.4 is 5.73 Å². The largest absolute Gasteiger partial charge is 0.369 e. The van der Waals surface area contributed by atoms with Crippen LogP contribution in [0.3, 0.4) is 0 Å². The fourth-order valence-corrected chi connectivity index (χ4v) is 0.822. The Hall–Kier alpha value is -1.38. The van der Waals surface area contributed by atoms with Crippen molar-refractivity contribution in [3.63, 3.8) is 0 Å². The van der Waals surface area contributed by atoms with Crippen molar-refractivity contribution >= 4 is 5.91 Å². The number of pyridine rings is 1. The van der Waals surface area contributed by atoms with Crippen LogP contribution >= 0.6 is 0 Å². The van der Waals surface area contributed by atoms with Gasteiger partial charge in [-0.05, 0) is 24.6 Å². The molecule has 3 nitrogen and oxygen atoms in total. The van der Waals surface area contributed by atoms with Gasteiger partial charge in [-0.2, -0.15) is 0 Å². The maximum absolute atomic E-state index is 10.4. The summed E-state index contributed by atoms with van der Waals surface area (Å²) in [6.07, 6.45) is 3.01. The number of nitrogens with zero attached hydrogens (tertiary/aromatic N) is 1. The molecule has 1 amide bonds. The Morgan fingerprint density at radius 1 is 1.73 bits per heavy atom. The first-order valence-electron chi connectivity index (χ1n) is 3.25. The standard InChI is InChI=1S/C8H9N2O/c1-6-4-7(2-3-10-6)5-8(9)11/h2-5H,1H3,(H2,9,11). The number of nitrogens with two attached hydrogens (primary N) is 1. The summed E-state index contributed by atoms with van der Waals surface area (Å²) in [6.45, 7) is 1.86. The van der Waals surface area contributed by atoms with E-state index in [9.17, 15) is 4.79 Å². The van der Waals surface area contributed by atoms with Crippen LogP contribution in [0.5, 0.6) is 0 Å². The maximum Gasteiger partial charge on any atom is 0.226 e. The highest BCUT2D eigenvalue weighted by atomic mass is 16.1. The van der Waals surface area contributed by atoms with Gasteiger partial charge in [0.1, 0.15) is 0 Å². The van der Waals surface area contributed by atoms with Gasteiger partial charge >= 0.3 is 0 Å². The van der Waals surface area contributed by atoms with Crippen molar-refractivity contribution in [2.75, 3.05) is 0 Å². The zero-order valence-corrected chi connectivity index (χ0v) is 6.24. The molecule has 57 valence electrons. The molecular weight excluding hydrogens is 140 g/mol. The van der Waals surface area contributed by atoms with E-state index in [0.29, 0.717) is 0 Å². The summed E-state index contributed by atoms with van der Waals surface area (Å²) >= 11 is 0. The molecule has 0 fully saturated rings. The van der Waals surface area contributed by atoms with Crippen molar-refractivity contribution in [2.24, 2.45) is 5.73 Å². The number of hydrogen-bond donors (Lipinski definition) is 1. The first-order valence-corrected chi connectivity index (χ1v) is 3.25. The molecule has 0 aliphatic rings. The van der Waals surface area contributed by atoms with Gasteiger partial charge in [-0.3, -0.25) is 9.78 Å². The Balaban J connectivity index is 2.79. The van der Waals surface area contributed by atoms with Crippen molar-refractivity contribution in [3.8, 4) is 0 Å². The van der Waals surface area contributed by atoms with Crippen LogP contribution in [-0.4, -0.2) is 10.9 Å². The van der Waals surface area contributed by atoms with E-state index in [1.165, 1.54) is 6.42 Å². The number of aromatic nitrogens is 1. The topological polar surface area (TPSA) is 56.0 Å². The molecule has 0 spiro atoms. The van der Waals surface area contributed by atoms with Crippen LogP contribution in [0.15, 0.2) is 18.3 Å². The third kappa shape index (κ3) is 2.37. The van der Waals surface area contributed by atoms with Crippen LogP contribution in [0.4, 0.5) is 0 Å². The second-order valence-corrected chi connectivity index (χ2v) is 2.28. The van der Waals surface area contributed by atoms with Gasteiger partial charge in [0.2, 0.25) is 5.91 Å². The lowest BCUT2D eigenvalue weighted by molar-refractivity contribution is -0.114. The van der Waals surface area contributed by atoms with Crippen molar-refractivity contribution in [2.45, 2.75) is 6.92 Å². The third-order valence-electron chi connectivity index (χ3n) is 1.23. The van der Waals surface area contributed by atoms with E-state index >= 15 is 0 Å². The highest BCUT2D eigenvalue weighted by Gasteiger charge is 1.98.